The Kier molecular flexibility index (Phi) is 2.20. The average molecular weight is 214 g/mol. The highest BCUT2D eigenvalue weighted by molar-refractivity contribution is 5.52. The van der Waals surface area contributed by atoms with E-state index >= 15 is 0 Å². The van der Waals surface area contributed by atoms with Crippen LogP contribution in [0.3, 0.4) is 0 Å². The first-order valence-electron chi connectivity index (χ1n) is 5.67. The lowest BCUT2D eigenvalue weighted by atomic mass is 10.0. The van der Waals surface area contributed by atoms with Crippen molar-refractivity contribution in [3.63, 3.8) is 0 Å². The van der Waals surface area contributed by atoms with Gasteiger partial charge in [-0.2, -0.15) is 5.10 Å². The molecule has 2 aromatic heterocycles. The maximum absolute atomic E-state index is 4.58. The summed E-state index contributed by atoms with van der Waals surface area (Å²) in [4.78, 5) is 8.68. The highest BCUT2D eigenvalue weighted by atomic mass is 15.3. The number of aromatic nitrogens is 4. The van der Waals surface area contributed by atoms with Gasteiger partial charge in [0.05, 0.1) is 0 Å². The molecule has 2 aromatic rings. The van der Waals surface area contributed by atoms with E-state index < -0.39 is 0 Å². The maximum Gasteiger partial charge on any atom is 0.182 e. The van der Waals surface area contributed by atoms with Crippen LogP contribution < -0.4 is 0 Å². The van der Waals surface area contributed by atoms with Crippen LogP contribution in [0, 0.1) is 5.92 Å². The lowest BCUT2D eigenvalue weighted by molar-refractivity contribution is 0.386. The minimum Gasteiger partial charge on any atom is -0.264 e. The molecule has 0 bridgehead atoms. The van der Waals surface area contributed by atoms with Gasteiger partial charge < -0.3 is 0 Å². The van der Waals surface area contributed by atoms with Crippen LogP contribution in [0.2, 0.25) is 0 Å². The third kappa shape index (κ3) is 1.60. The first-order valence-corrected chi connectivity index (χ1v) is 5.67. The van der Waals surface area contributed by atoms with E-state index in [-0.39, 0.29) is 0 Å². The molecule has 3 heterocycles. The predicted molar refractivity (Wildman–Crippen MR) is 60.7 cm³/mol. The van der Waals surface area contributed by atoms with E-state index in [0.29, 0.717) is 0 Å². The second-order valence-corrected chi connectivity index (χ2v) is 4.41. The van der Waals surface area contributed by atoms with Gasteiger partial charge >= 0.3 is 0 Å². The van der Waals surface area contributed by atoms with Crippen molar-refractivity contribution in [1.29, 1.82) is 0 Å². The normalized spacial score (nSPS) is 19.4. The van der Waals surface area contributed by atoms with Crippen molar-refractivity contribution in [3.8, 4) is 11.4 Å². The van der Waals surface area contributed by atoms with Crippen LogP contribution in [-0.4, -0.2) is 19.7 Å². The van der Waals surface area contributed by atoms with Crippen molar-refractivity contribution in [2.75, 3.05) is 0 Å². The summed E-state index contributed by atoms with van der Waals surface area (Å²) < 4.78 is 2.03. The number of rotatable bonds is 1. The van der Waals surface area contributed by atoms with Crippen LogP contribution in [0.1, 0.15) is 19.2 Å². The largest absolute Gasteiger partial charge is 0.264 e. The van der Waals surface area contributed by atoms with Crippen LogP contribution in [0.25, 0.3) is 11.4 Å². The molecule has 0 saturated heterocycles. The molecule has 82 valence electrons. The topological polar surface area (TPSA) is 43.6 Å². The van der Waals surface area contributed by atoms with Crippen molar-refractivity contribution < 1.29 is 0 Å². The summed E-state index contributed by atoms with van der Waals surface area (Å²) >= 11 is 0. The van der Waals surface area contributed by atoms with Gasteiger partial charge in [-0.15, -0.1) is 0 Å². The van der Waals surface area contributed by atoms with Crippen molar-refractivity contribution in [2.45, 2.75) is 26.3 Å². The SMILES string of the molecule is CC1CCn2nc(-c3cccnc3)nc2C1. The second kappa shape index (κ2) is 3.70. The molecule has 3 rings (SSSR count). The van der Waals surface area contributed by atoms with Crippen molar-refractivity contribution in [1.82, 2.24) is 19.7 Å². The third-order valence-electron chi connectivity index (χ3n) is 3.03. The molecule has 4 nitrogen and oxygen atoms in total. The van der Waals surface area contributed by atoms with Gasteiger partial charge in [0.1, 0.15) is 5.82 Å². The van der Waals surface area contributed by atoms with E-state index in [9.17, 15) is 0 Å². The summed E-state index contributed by atoms with van der Waals surface area (Å²) in [6, 6.07) is 3.91. The number of pyridine rings is 1. The molecule has 0 spiro atoms. The molecular weight excluding hydrogens is 200 g/mol. The molecule has 1 unspecified atom stereocenters. The zero-order chi connectivity index (χ0) is 11.0. The van der Waals surface area contributed by atoms with Gasteiger partial charge in [-0.25, -0.2) is 9.67 Å². The average Bonchev–Trinajstić information content (AvgIpc) is 2.73. The molecule has 0 saturated carbocycles. The summed E-state index contributed by atoms with van der Waals surface area (Å²) in [5.41, 5.74) is 0.997. The predicted octanol–water partition coefficient (Wildman–Crippen LogP) is 1.92. The lowest BCUT2D eigenvalue weighted by Crippen LogP contribution is -2.18. The van der Waals surface area contributed by atoms with Gasteiger partial charge in [-0.1, -0.05) is 6.92 Å². The van der Waals surface area contributed by atoms with E-state index in [1.807, 2.05) is 23.0 Å². The first-order chi connectivity index (χ1) is 7.83. The zero-order valence-electron chi connectivity index (χ0n) is 9.30. The maximum atomic E-state index is 4.58. The summed E-state index contributed by atoms with van der Waals surface area (Å²) in [6.45, 7) is 3.26. The Morgan fingerprint density at radius 1 is 1.44 bits per heavy atom. The summed E-state index contributed by atoms with van der Waals surface area (Å²) in [7, 11) is 0. The van der Waals surface area contributed by atoms with E-state index in [1.54, 1.807) is 6.20 Å². The van der Waals surface area contributed by atoms with Crippen LogP contribution in [-0.2, 0) is 13.0 Å². The fourth-order valence-electron chi connectivity index (χ4n) is 2.08. The minimum absolute atomic E-state index is 0.721. The van der Waals surface area contributed by atoms with Crippen LogP contribution in [0.15, 0.2) is 24.5 Å². The third-order valence-corrected chi connectivity index (χ3v) is 3.03. The Hall–Kier alpha value is -1.71. The molecule has 4 heteroatoms. The number of nitrogens with zero attached hydrogens (tertiary/aromatic N) is 4. The van der Waals surface area contributed by atoms with Crippen LogP contribution in [0.5, 0.6) is 0 Å². The number of hydrogen-bond donors (Lipinski definition) is 0. The fourth-order valence-corrected chi connectivity index (χ4v) is 2.08. The minimum atomic E-state index is 0.721. The molecule has 0 radical (unpaired) electrons. The van der Waals surface area contributed by atoms with E-state index in [1.165, 1.54) is 6.42 Å². The molecule has 0 amide bonds. The summed E-state index contributed by atoms with van der Waals surface area (Å²) in [5, 5.41) is 4.52. The highest BCUT2D eigenvalue weighted by Gasteiger charge is 2.19. The Labute approximate surface area is 94.4 Å². The number of hydrogen-bond acceptors (Lipinski definition) is 3. The Morgan fingerprint density at radius 2 is 2.38 bits per heavy atom. The first kappa shape index (κ1) is 9.51. The monoisotopic (exact) mass is 214 g/mol. The van der Waals surface area contributed by atoms with E-state index in [2.05, 4.69) is 22.0 Å². The number of fused-ring (bicyclic) bond motifs is 1. The Bertz CT molecular complexity index is 489. The van der Waals surface area contributed by atoms with Crippen molar-refractivity contribution in [2.24, 2.45) is 5.92 Å². The van der Waals surface area contributed by atoms with Gasteiger partial charge in [0.25, 0.3) is 0 Å². The van der Waals surface area contributed by atoms with Gasteiger partial charge in [-0.3, -0.25) is 4.98 Å². The van der Waals surface area contributed by atoms with Crippen LogP contribution in [0.4, 0.5) is 0 Å². The molecule has 0 N–H and O–H groups in total. The summed E-state index contributed by atoms with van der Waals surface area (Å²) in [6.07, 6.45) is 5.81. The van der Waals surface area contributed by atoms with Crippen molar-refractivity contribution >= 4 is 0 Å². The van der Waals surface area contributed by atoms with Crippen molar-refractivity contribution in [3.05, 3.63) is 30.4 Å². The second-order valence-electron chi connectivity index (χ2n) is 4.41. The smallest absolute Gasteiger partial charge is 0.182 e. The fraction of sp³-hybridized carbons (Fsp3) is 0.417. The van der Waals surface area contributed by atoms with Gasteiger partial charge in [0.2, 0.25) is 0 Å². The van der Waals surface area contributed by atoms with Gasteiger partial charge in [0, 0.05) is 30.9 Å². The Balaban J connectivity index is 1.99. The van der Waals surface area contributed by atoms with Crippen LogP contribution >= 0.6 is 0 Å². The molecule has 16 heavy (non-hydrogen) atoms. The molecule has 0 aromatic carbocycles. The molecule has 1 aliphatic heterocycles. The molecule has 0 aliphatic carbocycles. The molecule has 1 atom stereocenters. The van der Waals surface area contributed by atoms with Gasteiger partial charge in [-0.05, 0) is 24.5 Å². The molecule has 0 fully saturated rings. The zero-order valence-corrected chi connectivity index (χ0v) is 9.30. The van der Waals surface area contributed by atoms with E-state index in [0.717, 1.165) is 36.1 Å². The van der Waals surface area contributed by atoms with E-state index in [4.69, 9.17) is 0 Å². The lowest BCUT2D eigenvalue weighted by Gasteiger charge is -2.17. The Morgan fingerprint density at radius 3 is 3.19 bits per heavy atom. The summed E-state index contributed by atoms with van der Waals surface area (Å²) in [5.74, 6) is 2.63. The number of aryl methyl sites for hydroxylation is 1. The highest BCUT2D eigenvalue weighted by Crippen LogP contribution is 2.21. The quantitative estimate of drug-likeness (QED) is 0.728. The van der Waals surface area contributed by atoms with Gasteiger partial charge in [0.15, 0.2) is 5.82 Å². The molecule has 1 aliphatic rings. The standard InChI is InChI=1S/C12H14N4/c1-9-4-6-16-11(7-9)14-12(15-16)10-3-2-5-13-8-10/h2-3,5,8-9H,4,6-7H2,1H3. The molecular formula is C12H14N4.